The van der Waals surface area contributed by atoms with E-state index in [0.717, 1.165) is 64.5 Å². The average molecular weight is 338 g/mol. The number of nitrogens with zero attached hydrogens (tertiary/aromatic N) is 2. The predicted molar refractivity (Wildman–Crippen MR) is 94.1 cm³/mol. The molecule has 5 heteroatoms. The highest BCUT2D eigenvalue weighted by atomic mass is 16.5. The fourth-order valence-corrected chi connectivity index (χ4v) is 4.76. The van der Waals surface area contributed by atoms with Gasteiger partial charge in [0.05, 0.1) is 5.60 Å². The standard InChI is InChI=1S/C19H34N2O3/c1-20(2)18(22)21-11-9-19(10-12-21)17(8-14-24-19)7-13-23-15-16-5-3-4-6-16/h16-17H,3-15H2,1-2H3/t17-/m1/s1. The van der Waals surface area contributed by atoms with Gasteiger partial charge in [-0.15, -0.1) is 0 Å². The van der Waals surface area contributed by atoms with Gasteiger partial charge in [0.25, 0.3) is 0 Å². The molecule has 1 saturated carbocycles. The Morgan fingerprint density at radius 3 is 2.58 bits per heavy atom. The summed E-state index contributed by atoms with van der Waals surface area (Å²) in [5, 5.41) is 0. The Morgan fingerprint density at radius 1 is 1.21 bits per heavy atom. The lowest BCUT2D eigenvalue weighted by atomic mass is 9.78. The maximum Gasteiger partial charge on any atom is 0.319 e. The van der Waals surface area contributed by atoms with Crippen molar-refractivity contribution >= 4 is 6.03 Å². The molecule has 0 aromatic heterocycles. The van der Waals surface area contributed by atoms with Crippen LogP contribution in [0.4, 0.5) is 4.79 Å². The van der Waals surface area contributed by atoms with Crippen LogP contribution in [0.1, 0.15) is 51.4 Å². The van der Waals surface area contributed by atoms with Crippen LogP contribution in [0.2, 0.25) is 0 Å². The first kappa shape index (κ1) is 18.0. The Balaban J connectivity index is 1.42. The Bertz CT molecular complexity index is 413. The lowest BCUT2D eigenvalue weighted by Crippen LogP contribution is -2.51. The van der Waals surface area contributed by atoms with E-state index in [2.05, 4.69) is 0 Å². The van der Waals surface area contributed by atoms with E-state index in [1.54, 1.807) is 4.90 Å². The normalized spacial score (nSPS) is 27.1. The molecule has 24 heavy (non-hydrogen) atoms. The molecule has 3 fully saturated rings. The largest absolute Gasteiger partial charge is 0.381 e. The molecule has 5 nitrogen and oxygen atoms in total. The van der Waals surface area contributed by atoms with E-state index in [1.165, 1.54) is 25.7 Å². The topological polar surface area (TPSA) is 42.0 Å². The van der Waals surface area contributed by atoms with Crippen molar-refractivity contribution in [3.63, 3.8) is 0 Å². The summed E-state index contributed by atoms with van der Waals surface area (Å²) in [5.41, 5.74) is -0.000187. The molecule has 138 valence electrons. The Labute approximate surface area is 146 Å². The molecule has 0 aromatic carbocycles. The summed E-state index contributed by atoms with van der Waals surface area (Å²) in [6.07, 6.45) is 9.67. The van der Waals surface area contributed by atoms with Crippen LogP contribution in [0.25, 0.3) is 0 Å². The second kappa shape index (κ2) is 8.05. The van der Waals surface area contributed by atoms with Crippen LogP contribution in [-0.2, 0) is 9.47 Å². The number of carbonyl (C=O) groups excluding carboxylic acids is 1. The van der Waals surface area contributed by atoms with E-state index >= 15 is 0 Å². The SMILES string of the molecule is CN(C)C(=O)N1CCC2(CC1)OCC[C@H]2CCOCC1CCCC1. The molecule has 2 heterocycles. The first-order valence-electron chi connectivity index (χ1n) is 9.79. The zero-order valence-corrected chi connectivity index (χ0v) is 15.5. The molecule has 0 bridgehead atoms. The highest BCUT2D eigenvalue weighted by Gasteiger charge is 2.46. The van der Waals surface area contributed by atoms with Crippen LogP contribution >= 0.6 is 0 Å². The fraction of sp³-hybridized carbons (Fsp3) is 0.947. The molecular weight excluding hydrogens is 304 g/mol. The van der Waals surface area contributed by atoms with E-state index < -0.39 is 0 Å². The number of hydrogen-bond donors (Lipinski definition) is 0. The summed E-state index contributed by atoms with van der Waals surface area (Å²) < 4.78 is 12.2. The minimum Gasteiger partial charge on any atom is -0.381 e. The second-order valence-corrected chi connectivity index (χ2v) is 8.08. The van der Waals surface area contributed by atoms with Gasteiger partial charge in [-0.05, 0) is 50.4 Å². The summed E-state index contributed by atoms with van der Waals surface area (Å²) in [7, 11) is 3.65. The number of carbonyl (C=O) groups is 1. The van der Waals surface area contributed by atoms with Gasteiger partial charge in [0.2, 0.25) is 0 Å². The third-order valence-corrected chi connectivity index (χ3v) is 6.30. The average Bonchev–Trinajstić information content (AvgIpc) is 3.22. The molecule has 0 unspecified atom stereocenters. The van der Waals surface area contributed by atoms with Gasteiger partial charge in [-0.1, -0.05) is 12.8 Å². The van der Waals surface area contributed by atoms with E-state index in [-0.39, 0.29) is 11.6 Å². The number of urea groups is 1. The highest BCUT2D eigenvalue weighted by Crippen LogP contribution is 2.42. The lowest BCUT2D eigenvalue weighted by molar-refractivity contribution is -0.0671. The Morgan fingerprint density at radius 2 is 1.92 bits per heavy atom. The molecule has 1 atom stereocenters. The van der Waals surface area contributed by atoms with Crippen molar-refractivity contribution in [2.45, 2.75) is 57.0 Å². The monoisotopic (exact) mass is 338 g/mol. The molecule has 0 N–H and O–H groups in total. The molecule has 3 rings (SSSR count). The van der Waals surface area contributed by atoms with Crippen LogP contribution in [-0.4, -0.2) is 68.4 Å². The first-order valence-corrected chi connectivity index (χ1v) is 9.79. The van der Waals surface area contributed by atoms with Crippen molar-refractivity contribution in [2.24, 2.45) is 11.8 Å². The molecule has 2 aliphatic heterocycles. The van der Waals surface area contributed by atoms with Gasteiger partial charge in [0.1, 0.15) is 0 Å². The number of likely N-dealkylation sites (tertiary alicyclic amines) is 1. The summed E-state index contributed by atoms with van der Waals surface area (Å²) in [6.45, 7) is 4.32. The highest BCUT2D eigenvalue weighted by molar-refractivity contribution is 5.73. The molecule has 1 aliphatic carbocycles. The zero-order chi connectivity index (χ0) is 17.0. The smallest absolute Gasteiger partial charge is 0.319 e. The van der Waals surface area contributed by atoms with Gasteiger partial charge < -0.3 is 19.3 Å². The van der Waals surface area contributed by atoms with Crippen LogP contribution in [0.15, 0.2) is 0 Å². The minimum absolute atomic E-state index is 0.000187. The molecule has 3 aliphatic rings. The Kier molecular flexibility index (Phi) is 6.03. The molecule has 2 amide bonds. The summed E-state index contributed by atoms with van der Waals surface area (Å²) in [4.78, 5) is 15.7. The number of piperidine rings is 1. The van der Waals surface area contributed by atoms with Gasteiger partial charge >= 0.3 is 6.03 Å². The van der Waals surface area contributed by atoms with E-state index in [1.807, 2.05) is 19.0 Å². The van der Waals surface area contributed by atoms with Gasteiger partial charge in [-0.3, -0.25) is 0 Å². The van der Waals surface area contributed by atoms with Crippen LogP contribution < -0.4 is 0 Å². The maximum atomic E-state index is 12.1. The third kappa shape index (κ3) is 4.05. The summed E-state index contributed by atoms with van der Waals surface area (Å²) in [5.74, 6) is 1.40. The van der Waals surface area contributed by atoms with Crippen LogP contribution in [0, 0.1) is 11.8 Å². The lowest BCUT2D eigenvalue weighted by Gasteiger charge is -2.42. The molecular formula is C19H34N2O3. The van der Waals surface area contributed by atoms with Crippen molar-refractivity contribution in [2.75, 3.05) is 47.0 Å². The van der Waals surface area contributed by atoms with Gasteiger partial charge in [-0.2, -0.15) is 0 Å². The second-order valence-electron chi connectivity index (χ2n) is 8.08. The zero-order valence-electron chi connectivity index (χ0n) is 15.5. The minimum atomic E-state index is -0.000187. The predicted octanol–water partition coefficient (Wildman–Crippen LogP) is 3.14. The molecule has 0 radical (unpaired) electrons. The van der Waals surface area contributed by atoms with Gasteiger partial charge in [-0.25, -0.2) is 4.79 Å². The summed E-state index contributed by atoms with van der Waals surface area (Å²) >= 11 is 0. The Hall–Kier alpha value is -0.810. The fourth-order valence-electron chi connectivity index (χ4n) is 4.76. The number of amides is 2. The van der Waals surface area contributed by atoms with E-state index in [0.29, 0.717) is 5.92 Å². The van der Waals surface area contributed by atoms with Crippen molar-refractivity contribution in [1.29, 1.82) is 0 Å². The maximum absolute atomic E-state index is 12.1. The van der Waals surface area contributed by atoms with Crippen LogP contribution in [0.5, 0.6) is 0 Å². The molecule has 1 spiro atoms. The van der Waals surface area contributed by atoms with Crippen molar-refractivity contribution < 1.29 is 14.3 Å². The van der Waals surface area contributed by atoms with Crippen molar-refractivity contribution in [1.82, 2.24) is 9.80 Å². The number of hydrogen-bond acceptors (Lipinski definition) is 3. The van der Waals surface area contributed by atoms with E-state index in [4.69, 9.17) is 9.47 Å². The molecule has 0 aromatic rings. The van der Waals surface area contributed by atoms with E-state index in [9.17, 15) is 4.79 Å². The molecule has 2 saturated heterocycles. The quantitative estimate of drug-likeness (QED) is 0.723. The third-order valence-electron chi connectivity index (χ3n) is 6.30. The summed E-state index contributed by atoms with van der Waals surface area (Å²) in [6, 6.07) is 0.124. The van der Waals surface area contributed by atoms with Crippen LogP contribution in [0.3, 0.4) is 0 Å². The van der Waals surface area contributed by atoms with Crippen molar-refractivity contribution in [3.05, 3.63) is 0 Å². The van der Waals surface area contributed by atoms with Gasteiger partial charge in [0.15, 0.2) is 0 Å². The number of rotatable bonds is 5. The number of ether oxygens (including phenoxy) is 2. The van der Waals surface area contributed by atoms with Crippen molar-refractivity contribution in [3.8, 4) is 0 Å². The first-order chi connectivity index (χ1) is 11.6. The van der Waals surface area contributed by atoms with Gasteiger partial charge in [0, 0.05) is 47.0 Å².